The van der Waals surface area contributed by atoms with Gasteiger partial charge in [-0.1, -0.05) is 54.1 Å². The molecule has 0 amide bonds. The van der Waals surface area contributed by atoms with Gasteiger partial charge in [0.1, 0.15) is 4.21 Å². The number of nitrogens with zero attached hydrogens (tertiary/aromatic N) is 4. The second-order valence-corrected chi connectivity index (χ2v) is 11.1. The molecule has 31 heavy (non-hydrogen) atoms. The smallest absolute Gasteiger partial charge is 0.252 e. The normalized spacial score (nSPS) is 15.5. The molecule has 1 saturated heterocycles. The van der Waals surface area contributed by atoms with Crippen LogP contribution < -0.4 is 4.90 Å². The fraction of sp³-hybridized carbons (Fsp3) is 0.182. The van der Waals surface area contributed by atoms with Crippen LogP contribution in [0.3, 0.4) is 0 Å². The summed E-state index contributed by atoms with van der Waals surface area (Å²) in [6, 6.07) is 21.5. The van der Waals surface area contributed by atoms with Crippen LogP contribution in [-0.4, -0.2) is 49.1 Å². The van der Waals surface area contributed by atoms with Gasteiger partial charge < -0.3 is 4.90 Å². The first-order valence-electron chi connectivity index (χ1n) is 9.85. The number of halogens is 1. The minimum atomic E-state index is -3.51. The third kappa shape index (κ3) is 3.92. The lowest BCUT2D eigenvalue weighted by Crippen LogP contribution is -2.48. The van der Waals surface area contributed by atoms with E-state index in [1.165, 1.54) is 4.31 Å². The van der Waals surface area contributed by atoms with Gasteiger partial charge in [-0.2, -0.15) is 4.31 Å². The molecule has 0 saturated carbocycles. The van der Waals surface area contributed by atoms with Gasteiger partial charge in [-0.3, -0.25) is 0 Å². The van der Waals surface area contributed by atoms with Gasteiger partial charge in [0.15, 0.2) is 5.82 Å². The van der Waals surface area contributed by atoms with Crippen molar-refractivity contribution < 1.29 is 8.42 Å². The van der Waals surface area contributed by atoms with Gasteiger partial charge >= 0.3 is 0 Å². The minimum Gasteiger partial charge on any atom is -0.352 e. The molecule has 0 aliphatic carbocycles. The second-order valence-electron chi connectivity index (χ2n) is 7.25. The molecule has 0 spiro atoms. The topological polar surface area (TPSA) is 66.4 Å². The molecule has 0 atom stereocenters. The first kappa shape index (κ1) is 20.4. The molecule has 0 unspecified atom stereocenters. The summed E-state index contributed by atoms with van der Waals surface area (Å²) < 4.78 is 27.8. The Kier molecular flexibility index (Phi) is 5.39. The van der Waals surface area contributed by atoms with E-state index in [0.29, 0.717) is 30.5 Å². The fourth-order valence-corrected chi connectivity index (χ4v) is 6.87. The van der Waals surface area contributed by atoms with Crippen LogP contribution in [0.1, 0.15) is 0 Å². The molecule has 3 heterocycles. The molecule has 0 radical (unpaired) electrons. The third-order valence-electron chi connectivity index (χ3n) is 5.42. The number of benzene rings is 2. The molecule has 0 bridgehead atoms. The Bertz CT molecular complexity index is 1330. The van der Waals surface area contributed by atoms with Crippen molar-refractivity contribution in [3.8, 4) is 11.3 Å². The Balaban J connectivity index is 1.31. The van der Waals surface area contributed by atoms with Crippen molar-refractivity contribution in [1.29, 1.82) is 0 Å². The van der Waals surface area contributed by atoms with Crippen molar-refractivity contribution >= 4 is 49.6 Å². The predicted octanol–water partition coefficient (Wildman–Crippen LogP) is 4.52. The van der Waals surface area contributed by atoms with Crippen molar-refractivity contribution in [1.82, 2.24) is 14.5 Å². The summed E-state index contributed by atoms with van der Waals surface area (Å²) in [7, 11) is -3.51. The Morgan fingerprint density at radius 2 is 1.61 bits per heavy atom. The molecular formula is C22H19ClN4O2S2. The molecule has 6 nitrogen and oxygen atoms in total. The second kappa shape index (κ2) is 8.20. The van der Waals surface area contributed by atoms with Gasteiger partial charge in [0.2, 0.25) is 0 Å². The minimum absolute atomic E-state index is 0.283. The van der Waals surface area contributed by atoms with Crippen molar-refractivity contribution in [2.75, 3.05) is 31.1 Å². The number of thiophene rings is 1. The summed E-state index contributed by atoms with van der Waals surface area (Å²) in [5, 5.41) is 11.2. The third-order valence-corrected chi connectivity index (χ3v) is 9.02. The summed E-state index contributed by atoms with van der Waals surface area (Å²) in [5.74, 6) is 0.750. The average Bonchev–Trinajstić information content (AvgIpc) is 3.26. The summed E-state index contributed by atoms with van der Waals surface area (Å²) in [5.41, 5.74) is 1.86. The Morgan fingerprint density at radius 3 is 2.32 bits per heavy atom. The zero-order chi connectivity index (χ0) is 21.4. The van der Waals surface area contributed by atoms with Gasteiger partial charge in [-0.15, -0.1) is 21.5 Å². The van der Waals surface area contributed by atoms with E-state index in [1.54, 1.807) is 12.1 Å². The van der Waals surface area contributed by atoms with Crippen molar-refractivity contribution in [2.45, 2.75) is 4.21 Å². The number of rotatable bonds is 4. The molecule has 2 aromatic heterocycles. The van der Waals surface area contributed by atoms with E-state index in [2.05, 4.69) is 33.3 Å². The molecule has 5 rings (SSSR count). The van der Waals surface area contributed by atoms with Crippen LogP contribution in [0, 0.1) is 0 Å². The molecule has 1 aliphatic rings. The highest BCUT2D eigenvalue weighted by atomic mass is 35.5. The number of aromatic nitrogens is 2. The van der Waals surface area contributed by atoms with Crippen molar-refractivity contribution in [3.05, 3.63) is 71.1 Å². The lowest BCUT2D eigenvalue weighted by molar-refractivity contribution is 0.384. The maximum absolute atomic E-state index is 12.8. The number of piperazine rings is 1. The van der Waals surface area contributed by atoms with E-state index in [1.807, 2.05) is 36.4 Å². The van der Waals surface area contributed by atoms with Crippen LogP contribution in [-0.2, 0) is 10.0 Å². The van der Waals surface area contributed by atoms with E-state index < -0.39 is 10.0 Å². The number of sulfonamides is 1. The molecule has 9 heteroatoms. The SMILES string of the molecule is O=S(=O)(c1ccc(Cl)s1)N1CCN(c2ccc(-c3cccc4ccccc34)nn2)CC1. The summed E-state index contributed by atoms with van der Waals surface area (Å²) in [6.45, 7) is 1.90. The summed E-state index contributed by atoms with van der Waals surface area (Å²) >= 11 is 7.00. The van der Waals surface area contributed by atoms with E-state index >= 15 is 0 Å². The van der Waals surface area contributed by atoms with Gasteiger partial charge in [-0.05, 0) is 35.0 Å². The lowest BCUT2D eigenvalue weighted by Gasteiger charge is -2.34. The molecule has 158 valence electrons. The fourth-order valence-electron chi connectivity index (χ4n) is 3.81. The van der Waals surface area contributed by atoms with E-state index in [4.69, 9.17) is 11.6 Å². The lowest BCUT2D eigenvalue weighted by atomic mass is 10.0. The first-order valence-corrected chi connectivity index (χ1v) is 12.5. The Morgan fingerprint density at radius 1 is 0.839 bits per heavy atom. The van der Waals surface area contributed by atoms with Crippen LogP contribution >= 0.6 is 22.9 Å². The molecular weight excluding hydrogens is 452 g/mol. The van der Waals surface area contributed by atoms with Gasteiger partial charge in [0, 0.05) is 31.7 Å². The van der Waals surface area contributed by atoms with E-state index in [0.717, 1.165) is 39.2 Å². The Hall–Kier alpha value is -2.52. The van der Waals surface area contributed by atoms with Gasteiger partial charge in [-0.25, -0.2) is 8.42 Å². The standard InChI is InChI=1S/C22H19ClN4O2S2/c23-20-9-11-22(30-20)31(28,29)27-14-12-26(13-15-27)21-10-8-19(24-25-21)18-7-3-5-16-4-1-2-6-17(16)18/h1-11H,12-15H2. The highest BCUT2D eigenvalue weighted by molar-refractivity contribution is 7.91. The van der Waals surface area contributed by atoms with Crippen LogP contribution in [0.4, 0.5) is 5.82 Å². The van der Waals surface area contributed by atoms with Crippen LogP contribution in [0.25, 0.3) is 22.0 Å². The summed E-state index contributed by atoms with van der Waals surface area (Å²) in [4.78, 5) is 2.06. The number of anilines is 1. The molecule has 2 aromatic carbocycles. The quantitative estimate of drug-likeness (QED) is 0.438. The van der Waals surface area contributed by atoms with E-state index in [9.17, 15) is 8.42 Å². The van der Waals surface area contributed by atoms with Crippen LogP contribution in [0.15, 0.2) is 70.9 Å². The predicted molar refractivity (Wildman–Crippen MR) is 125 cm³/mol. The monoisotopic (exact) mass is 470 g/mol. The average molecular weight is 471 g/mol. The largest absolute Gasteiger partial charge is 0.352 e. The zero-order valence-corrected chi connectivity index (χ0v) is 18.9. The van der Waals surface area contributed by atoms with Crippen LogP contribution in [0.2, 0.25) is 4.34 Å². The van der Waals surface area contributed by atoms with Gasteiger partial charge in [0.25, 0.3) is 10.0 Å². The Labute approximate surface area is 189 Å². The number of hydrogen-bond donors (Lipinski definition) is 0. The highest BCUT2D eigenvalue weighted by Gasteiger charge is 2.30. The maximum atomic E-state index is 12.8. The van der Waals surface area contributed by atoms with E-state index in [-0.39, 0.29) is 4.21 Å². The van der Waals surface area contributed by atoms with Gasteiger partial charge in [0.05, 0.1) is 10.0 Å². The maximum Gasteiger partial charge on any atom is 0.252 e. The van der Waals surface area contributed by atoms with Crippen molar-refractivity contribution in [2.24, 2.45) is 0 Å². The number of fused-ring (bicyclic) bond motifs is 1. The van der Waals surface area contributed by atoms with Crippen LogP contribution in [0.5, 0.6) is 0 Å². The number of hydrogen-bond acceptors (Lipinski definition) is 6. The molecule has 0 N–H and O–H groups in total. The first-order chi connectivity index (χ1) is 15.0. The zero-order valence-electron chi connectivity index (χ0n) is 16.5. The highest BCUT2D eigenvalue weighted by Crippen LogP contribution is 2.30. The molecule has 1 fully saturated rings. The van der Waals surface area contributed by atoms with Crippen molar-refractivity contribution in [3.63, 3.8) is 0 Å². The molecule has 4 aromatic rings. The summed E-state index contributed by atoms with van der Waals surface area (Å²) in [6.07, 6.45) is 0. The molecule has 1 aliphatic heterocycles.